The third kappa shape index (κ3) is 6.72. The van der Waals surface area contributed by atoms with E-state index >= 15 is 0 Å². The average Bonchev–Trinajstić information content (AvgIpc) is 3.09. The minimum atomic E-state index is -0.102. The molecule has 3 N–H and O–H groups in total. The van der Waals surface area contributed by atoms with Crippen molar-refractivity contribution >= 4 is 23.2 Å². The van der Waals surface area contributed by atoms with Crippen molar-refractivity contribution in [1.82, 2.24) is 20.9 Å². The summed E-state index contributed by atoms with van der Waals surface area (Å²) < 4.78 is 5.64. The fourth-order valence-corrected chi connectivity index (χ4v) is 2.85. The summed E-state index contributed by atoms with van der Waals surface area (Å²) in [4.78, 5) is 21.2. The minimum absolute atomic E-state index is 0.102. The van der Waals surface area contributed by atoms with Gasteiger partial charge >= 0.3 is 0 Å². The Morgan fingerprint density at radius 1 is 1.19 bits per heavy atom. The maximum absolute atomic E-state index is 12.0. The van der Waals surface area contributed by atoms with Gasteiger partial charge in [-0.1, -0.05) is 18.2 Å². The third-order valence-corrected chi connectivity index (χ3v) is 4.30. The van der Waals surface area contributed by atoms with Gasteiger partial charge in [-0.25, -0.2) is 4.98 Å². The Labute approximate surface area is 157 Å². The number of carbonyl (C=O) groups is 1. The van der Waals surface area contributed by atoms with Crippen molar-refractivity contribution in [2.75, 3.05) is 32.8 Å². The predicted molar refractivity (Wildman–Crippen MR) is 105 cm³/mol. The van der Waals surface area contributed by atoms with E-state index in [1.165, 1.54) is 11.3 Å². The summed E-state index contributed by atoms with van der Waals surface area (Å²) in [5.74, 6) is 1.44. The molecule has 8 heteroatoms. The Hall–Kier alpha value is -2.61. The summed E-state index contributed by atoms with van der Waals surface area (Å²) >= 11 is 1.34. The summed E-state index contributed by atoms with van der Waals surface area (Å²) in [6, 6.07) is 9.68. The molecule has 0 radical (unpaired) electrons. The molecule has 0 bridgehead atoms. The van der Waals surface area contributed by atoms with Gasteiger partial charge in [0, 0.05) is 13.1 Å². The van der Waals surface area contributed by atoms with Gasteiger partial charge < -0.3 is 20.7 Å². The standard InChI is InChI=1S/C18H25N5O2S/c1-3-19-18(22-11-12-25-15-7-5-4-6-8-15)21-10-9-20-17(24)16-14(2)23-13-26-16/h4-8,13H,3,9-12H2,1-2H3,(H,20,24)(H2,19,21,22). The highest BCUT2D eigenvalue weighted by Gasteiger charge is 2.10. The molecular weight excluding hydrogens is 350 g/mol. The zero-order chi connectivity index (χ0) is 18.6. The molecule has 140 valence electrons. The van der Waals surface area contributed by atoms with Crippen LogP contribution in [0.1, 0.15) is 22.3 Å². The first-order chi connectivity index (χ1) is 12.7. The molecule has 0 saturated heterocycles. The van der Waals surface area contributed by atoms with Gasteiger partial charge in [0.15, 0.2) is 5.96 Å². The van der Waals surface area contributed by atoms with Gasteiger partial charge in [-0.05, 0) is 26.0 Å². The quantitative estimate of drug-likeness (QED) is 0.353. The van der Waals surface area contributed by atoms with Gasteiger partial charge in [0.25, 0.3) is 5.91 Å². The van der Waals surface area contributed by atoms with Crippen molar-refractivity contribution in [3.05, 3.63) is 46.4 Å². The molecule has 0 aliphatic carbocycles. The normalized spacial score (nSPS) is 11.1. The predicted octanol–water partition coefficient (Wildman–Crippen LogP) is 1.82. The lowest BCUT2D eigenvalue weighted by molar-refractivity contribution is 0.0958. The van der Waals surface area contributed by atoms with Crippen molar-refractivity contribution in [2.45, 2.75) is 13.8 Å². The largest absolute Gasteiger partial charge is 0.492 e. The van der Waals surface area contributed by atoms with Crippen LogP contribution < -0.4 is 20.7 Å². The second-order valence-corrected chi connectivity index (χ2v) is 6.23. The molecule has 2 aromatic rings. The fraction of sp³-hybridized carbons (Fsp3) is 0.389. The summed E-state index contributed by atoms with van der Waals surface area (Å²) in [5, 5.41) is 9.23. The lowest BCUT2D eigenvalue weighted by Gasteiger charge is -2.12. The molecule has 0 aliphatic rings. The molecule has 0 unspecified atom stereocenters. The van der Waals surface area contributed by atoms with Crippen LogP contribution in [0.3, 0.4) is 0 Å². The number of thiazole rings is 1. The van der Waals surface area contributed by atoms with Crippen LogP contribution >= 0.6 is 11.3 Å². The van der Waals surface area contributed by atoms with E-state index in [1.54, 1.807) is 5.51 Å². The maximum atomic E-state index is 12.0. The van der Waals surface area contributed by atoms with Crippen molar-refractivity contribution in [1.29, 1.82) is 0 Å². The van der Waals surface area contributed by atoms with E-state index in [0.717, 1.165) is 18.0 Å². The molecule has 1 aromatic carbocycles. The van der Waals surface area contributed by atoms with E-state index in [4.69, 9.17) is 4.74 Å². The van der Waals surface area contributed by atoms with E-state index < -0.39 is 0 Å². The first kappa shape index (κ1) is 19.7. The van der Waals surface area contributed by atoms with Crippen LogP contribution in [0.15, 0.2) is 40.8 Å². The number of hydrogen-bond acceptors (Lipinski definition) is 5. The molecule has 0 fully saturated rings. The second kappa shape index (κ2) is 11.1. The fourth-order valence-electron chi connectivity index (χ4n) is 2.13. The third-order valence-electron chi connectivity index (χ3n) is 3.37. The number of nitrogens with zero attached hydrogens (tertiary/aromatic N) is 2. The highest BCUT2D eigenvalue weighted by molar-refractivity contribution is 7.11. The van der Waals surface area contributed by atoms with E-state index in [2.05, 4.69) is 25.9 Å². The molecular formula is C18H25N5O2S. The smallest absolute Gasteiger partial charge is 0.263 e. The monoisotopic (exact) mass is 375 g/mol. The Morgan fingerprint density at radius 2 is 2.00 bits per heavy atom. The number of rotatable bonds is 9. The number of aliphatic imine (C=N–C) groups is 1. The van der Waals surface area contributed by atoms with Crippen molar-refractivity contribution < 1.29 is 9.53 Å². The number of nitrogens with one attached hydrogen (secondary N) is 3. The lowest BCUT2D eigenvalue weighted by Crippen LogP contribution is -2.40. The minimum Gasteiger partial charge on any atom is -0.492 e. The maximum Gasteiger partial charge on any atom is 0.263 e. The van der Waals surface area contributed by atoms with Crippen LogP contribution in [-0.2, 0) is 0 Å². The van der Waals surface area contributed by atoms with Crippen molar-refractivity contribution in [3.8, 4) is 5.75 Å². The molecule has 0 saturated carbocycles. The zero-order valence-electron chi connectivity index (χ0n) is 15.1. The summed E-state index contributed by atoms with van der Waals surface area (Å²) in [7, 11) is 0. The Kier molecular flexibility index (Phi) is 8.41. The number of hydrogen-bond donors (Lipinski definition) is 3. The van der Waals surface area contributed by atoms with E-state index in [0.29, 0.717) is 37.1 Å². The van der Waals surface area contributed by atoms with Crippen LogP contribution in [0.2, 0.25) is 0 Å². The van der Waals surface area contributed by atoms with Crippen LogP contribution in [0.25, 0.3) is 0 Å². The topological polar surface area (TPSA) is 87.6 Å². The summed E-state index contributed by atoms with van der Waals surface area (Å²) in [6.07, 6.45) is 0. The van der Waals surface area contributed by atoms with Crippen molar-refractivity contribution in [2.24, 2.45) is 4.99 Å². The van der Waals surface area contributed by atoms with Gasteiger partial charge in [-0.3, -0.25) is 9.79 Å². The number of para-hydroxylation sites is 1. The van der Waals surface area contributed by atoms with Crippen LogP contribution in [0, 0.1) is 6.92 Å². The number of amides is 1. The Morgan fingerprint density at radius 3 is 2.69 bits per heavy atom. The first-order valence-electron chi connectivity index (χ1n) is 8.59. The van der Waals surface area contributed by atoms with Gasteiger partial charge in [-0.15, -0.1) is 11.3 Å². The number of aromatic nitrogens is 1. The molecule has 1 amide bonds. The van der Waals surface area contributed by atoms with E-state index in [9.17, 15) is 4.79 Å². The van der Waals surface area contributed by atoms with E-state index in [-0.39, 0.29) is 5.91 Å². The van der Waals surface area contributed by atoms with Gasteiger partial charge in [0.2, 0.25) is 0 Å². The Bertz CT molecular complexity index is 703. The second-order valence-electron chi connectivity index (χ2n) is 5.37. The number of guanidine groups is 1. The van der Waals surface area contributed by atoms with Crippen LogP contribution in [0.5, 0.6) is 5.75 Å². The highest BCUT2D eigenvalue weighted by Crippen LogP contribution is 2.11. The molecule has 7 nitrogen and oxygen atoms in total. The molecule has 0 spiro atoms. The van der Waals surface area contributed by atoms with Gasteiger partial charge in [0.05, 0.1) is 24.3 Å². The number of carbonyl (C=O) groups excluding carboxylic acids is 1. The van der Waals surface area contributed by atoms with Gasteiger partial charge in [0.1, 0.15) is 17.2 Å². The first-order valence-corrected chi connectivity index (χ1v) is 9.47. The van der Waals surface area contributed by atoms with E-state index in [1.807, 2.05) is 44.2 Å². The molecule has 0 aliphatic heterocycles. The van der Waals surface area contributed by atoms with Crippen LogP contribution in [-0.4, -0.2) is 49.6 Å². The molecule has 1 heterocycles. The SMILES string of the molecule is CCNC(=NCCNC(=O)c1scnc1C)NCCOc1ccccc1. The molecule has 0 atom stereocenters. The highest BCUT2D eigenvalue weighted by atomic mass is 32.1. The summed E-state index contributed by atoms with van der Waals surface area (Å²) in [5.41, 5.74) is 2.43. The number of benzene rings is 1. The van der Waals surface area contributed by atoms with Gasteiger partial charge in [-0.2, -0.15) is 0 Å². The lowest BCUT2D eigenvalue weighted by atomic mass is 10.3. The molecule has 1 aromatic heterocycles. The zero-order valence-corrected chi connectivity index (χ0v) is 15.9. The molecule has 2 rings (SSSR count). The van der Waals surface area contributed by atoms with Crippen LogP contribution in [0.4, 0.5) is 0 Å². The molecule has 26 heavy (non-hydrogen) atoms. The number of ether oxygens (including phenoxy) is 1. The number of aryl methyl sites for hydroxylation is 1. The van der Waals surface area contributed by atoms with Crippen molar-refractivity contribution in [3.63, 3.8) is 0 Å². The summed E-state index contributed by atoms with van der Waals surface area (Å²) in [6.45, 7) is 6.72. The average molecular weight is 375 g/mol. The Balaban J connectivity index is 1.68.